The van der Waals surface area contributed by atoms with Crippen LogP contribution < -0.4 is 19.8 Å². The van der Waals surface area contributed by atoms with Gasteiger partial charge in [0.15, 0.2) is 0 Å². The Morgan fingerprint density at radius 1 is 1.25 bits per heavy atom. The first-order valence-corrected chi connectivity index (χ1v) is 6.73. The van der Waals surface area contributed by atoms with Gasteiger partial charge in [-0.15, -0.1) is 0 Å². The van der Waals surface area contributed by atoms with Gasteiger partial charge in [0.2, 0.25) is 0 Å². The molecule has 1 aromatic rings. The number of quaternary nitrogens is 1. The average molecular weight is 280 g/mol. The molecule has 1 fully saturated rings. The van der Waals surface area contributed by atoms with Crippen LogP contribution in [0.3, 0.4) is 0 Å². The van der Waals surface area contributed by atoms with Crippen LogP contribution in [0.25, 0.3) is 0 Å². The Morgan fingerprint density at radius 3 is 2.55 bits per heavy atom. The molecule has 1 aromatic carbocycles. The number of hydrogen-bond donors (Lipinski definition) is 2. The minimum atomic E-state index is -0.166. The van der Waals surface area contributed by atoms with Gasteiger partial charge in [0.1, 0.15) is 11.5 Å². The van der Waals surface area contributed by atoms with Crippen LogP contribution >= 0.6 is 0 Å². The Morgan fingerprint density at radius 2 is 1.95 bits per heavy atom. The summed E-state index contributed by atoms with van der Waals surface area (Å²) >= 11 is 0. The maximum atomic E-state index is 12.3. The monoisotopic (exact) mass is 280 g/mol. The van der Waals surface area contributed by atoms with Gasteiger partial charge in [0, 0.05) is 0 Å². The topological polar surface area (TPSA) is 55.2 Å². The van der Waals surface area contributed by atoms with Gasteiger partial charge in [0.05, 0.1) is 53.0 Å². The quantitative estimate of drug-likeness (QED) is 0.757. The van der Waals surface area contributed by atoms with Crippen LogP contribution in [0, 0.1) is 0 Å². The van der Waals surface area contributed by atoms with Gasteiger partial charge >= 0.3 is 0 Å². The van der Waals surface area contributed by atoms with E-state index >= 15 is 0 Å². The first kappa shape index (κ1) is 14.6. The third-order valence-electron chi connectivity index (χ3n) is 3.53. The minimum absolute atomic E-state index is 0.166. The fourth-order valence-electron chi connectivity index (χ4n) is 2.20. The van der Waals surface area contributed by atoms with Crippen molar-refractivity contribution in [3.8, 4) is 11.5 Å². The van der Waals surface area contributed by atoms with E-state index in [1.165, 1.54) is 4.90 Å². The van der Waals surface area contributed by atoms with Crippen LogP contribution in [0.15, 0.2) is 18.2 Å². The van der Waals surface area contributed by atoms with Crippen LogP contribution in [0.2, 0.25) is 0 Å². The molecular weight excluding hydrogens is 258 g/mol. The van der Waals surface area contributed by atoms with Crippen molar-refractivity contribution in [2.75, 3.05) is 47.4 Å². The summed E-state index contributed by atoms with van der Waals surface area (Å²) < 4.78 is 10.4. The highest BCUT2D eigenvalue weighted by molar-refractivity contribution is 5.97. The highest BCUT2D eigenvalue weighted by Crippen LogP contribution is 2.23. The fraction of sp³-hybridized carbons (Fsp3) is 0.500. The van der Waals surface area contributed by atoms with Crippen LogP contribution in [0.4, 0.5) is 0 Å². The van der Waals surface area contributed by atoms with Crippen molar-refractivity contribution in [1.82, 2.24) is 10.4 Å². The molecule has 0 unspecified atom stereocenters. The zero-order valence-electron chi connectivity index (χ0n) is 12.2. The number of hydrogen-bond acceptors (Lipinski definition) is 4. The van der Waals surface area contributed by atoms with E-state index in [0.29, 0.717) is 17.1 Å². The first-order valence-electron chi connectivity index (χ1n) is 6.73. The molecule has 2 rings (SSSR count). The van der Waals surface area contributed by atoms with E-state index < -0.39 is 0 Å². The van der Waals surface area contributed by atoms with Crippen LogP contribution in [-0.4, -0.2) is 58.4 Å². The molecule has 20 heavy (non-hydrogen) atoms. The molecule has 0 atom stereocenters. The van der Waals surface area contributed by atoms with Gasteiger partial charge < -0.3 is 14.4 Å². The smallest absolute Gasteiger partial charge is 0.269 e. The lowest BCUT2D eigenvalue weighted by Gasteiger charge is -2.30. The lowest BCUT2D eigenvalue weighted by Crippen LogP contribution is -3.12. The normalized spacial score (nSPS) is 16.8. The number of piperazine rings is 1. The Hall–Kier alpha value is -1.79. The molecule has 1 aliphatic rings. The SMILES string of the molecule is COc1ccc(OC)c(C(=O)NN2CC[NH+](C)CC2)c1. The molecule has 0 saturated carbocycles. The van der Waals surface area contributed by atoms with Gasteiger partial charge in [0.25, 0.3) is 5.91 Å². The second-order valence-corrected chi connectivity index (χ2v) is 4.95. The van der Waals surface area contributed by atoms with E-state index in [1.54, 1.807) is 32.4 Å². The maximum Gasteiger partial charge on any atom is 0.269 e. The summed E-state index contributed by atoms with van der Waals surface area (Å²) in [5.41, 5.74) is 3.41. The van der Waals surface area contributed by atoms with Crippen LogP contribution in [-0.2, 0) is 0 Å². The van der Waals surface area contributed by atoms with Crippen molar-refractivity contribution in [1.29, 1.82) is 0 Å². The Labute approximate surface area is 119 Å². The lowest BCUT2D eigenvalue weighted by molar-refractivity contribution is -0.884. The lowest BCUT2D eigenvalue weighted by atomic mass is 10.2. The summed E-state index contributed by atoms with van der Waals surface area (Å²) in [7, 11) is 5.29. The van der Waals surface area contributed by atoms with Crippen molar-refractivity contribution >= 4 is 5.91 Å². The summed E-state index contributed by atoms with van der Waals surface area (Å²) in [5.74, 6) is 1.02. The zero-order chi connectivity index (χ0) is 14.5. The van der Waals surface area contributed by atoms with Crippen LogP contribution in [0.5, 0.6) is 11.5 Å². The number of nitrogens with one attached hydrogen (secondary N) is 2. The summed E-state index contributed by atoms with van der Waals surface area (Å²) in [5, 5.41) is 1.95. The van der Waals surface area contributed by atoms with Crippen molar-refractivity contribution in [2.24, 2.45) is 0 Å². The second kappa shape index (κ2) is 6.58. The molecule has 0 bridgehead atoms. The van der Waals surface area contributed by atoms with Crippen molar-refractivity contribution < 1.29 is 19.2 Å². The van der Waals surface area contributed by atoms with Gasteiger partial charge in [-0.25, -0.2) is 5.01 Å². The Kier molecular flexibility index (Phi) is 4.81. The van der Waals surface area contributed by atoms with E-state index in [-0.39, 0.29) is 5.91 Å². The number of benzene rings is 1. The van der Waals surface area contributed by atoms with E-state index in [4.69, 9.17) is 9.47 Å². The van der Waals surface area contributed by atoms with E-state index in [9.17, 15) is 4.79 Å². The van der Waals surface area contributed by atoms with Crippen molar-refractivity contribution in [3.63, 3.8) is 0 Å². The number of carbonyl (C=O) groups is 1. The fourth-order valence-corrected chi connectivity index (χ4v) is 2.20. The molecule has 2 N–H and O–H groups in total. The number of carbonyl (C=O) groups excluding carboxylic acids is 1. The van der Waals surface area contributed by atoms with Crippen molar-refractivity contribution in [3.05, 3.63) is 23.8 Å². The molecule has 110 valence electrons. The Balaban J connectivity index is 2.08. The third kappa shape index (κ3) is 3.40. The summed E-state index contributed by atoms with van der Waals surface area (Å²) in [6, 6.07) is 5.20. The zero-order valence-corrected chi connectivity index (χ0v) is 12.2. The first-order chi connectivity index (χ1) is 9.63. The van der Waals surface area contributed by atoms with Gasteiger partial charge in [-0.2, -0.15) is 0 Å². The van der Waals surface area contributed by atoms with Gasteiger partial charge in [-0.3, -0.25) is 10.2 Å². The Bertz CT molecular complexity index is 471. The average Bonchev–Trinajstić information content (AvgIpc) is 2.48. The number of likely N-dealkylation sites (N-methyl/N-ethyl adjacent to an activating group) is 1. The minimum Gasteiger partial charge on any atom is -0.497 e. The van der Waals surface area contributed by atoms with Crippen LogP contribution in [0.1, 0.15) is 10.4 Å². The number of rotatable bonds is 4. The van der Waals surface area contributed by atoms with Gasteiger partial charge in [-0.1, -0.05) is 0 Å². The predicted octanol–water partition coefficient (Wildman–Crippen LogP) is -0.821. The number of nitrogens with zero attached hydrogens (tertiary/aromatic N) is 1. The molecule has 6 heteroatoms. The molecule has 1 heterocycles. The standard InChI is InChI=1S/C14H21N3O3/c1-16-6-8-17(9-7-16)15-14(18)12-10-11(19-2)4-5-13(12)20-3/h4-5,10H,6-9H2,1-3H3,(H,15,18)/p+1. The van der Waals surface area contributed by atoms with E-state index in [2.05, 4.69) is 12.5 Å². The summed E-state index contributed by atoms with van der Waals surface area (Å²) in [4.78, 5) is 13.8. The third-order valence-corrected chi connectivity index (χ3v) is 3.53. The molecule has 1 saturated heterocycles. The summed E-state index contributed by atoms with van der Waals surface area (Å²) in [6.45, 7) is 3.75. The number of hydrazine groups is 1. The molecular formula is C14H22N3O3+. The largest absolute Gasteiger partial charge is 0.497 e. The molecule has 1 aliphatic heterocycles. The number of ether oxygens (including phenoxy) is 2. The highest BCUT2D eigenvalue weighted by Gasteiger charge is 2.21. The maximum absolute atomic E-state index is 12.3. The molecule has 0 aliphatic carbocycles. The molecule has 0 spiro atoms. The van der Waals surface area contributed by atoms with E-state index in [1.807, 2.05) is 5.01 Å². The number of methoxy groups -OCH3 is 2. The predicted molar refractivity (Wildman–Crippen MR) is 75.2 cm³/mol. The van der Waals surface area contributed by atoms with Gasteiger partial charge in [-0.05, 0) is 18.2 Å². The molecule has 1 amide bonds. The molecule has 0 radical (unpaired) electrons. The number of amides is 1. The molecule has 6 nitrogen and oxygen atoms in total. The van der Waals surface area contributed by atoms with Crippen molar-refractivity contribution in [2.45, 2.75) is 0 Å². The van der Waals surface area contributed by atoms with E-state index in [0.717, 1.165) is 26.2 Å². The second-order valence-electron chi connectivity index (χ2n) is 4.95. The molecule has 0 aromatic heterocycles. The summed E-state index contributed by atoms with van der Waals surface area (Å²) in [6.07, 6.45) is 0. The highest BCUT2D eigenvalue weighted by atomic mass is 16.5.